The largest absolute Gasteiger partial charge is 0.487 e. The molecule has 0 heterocycles. The molecule has 0 saturated carbocycles. The van der Waals surface area contributed by atoms with Gasteiger partial charge in [0.05, 0.1) is 5.02 Å². The van der Waals surface area contributed by atoms with E-state index in [1.807, 2.05) is 44.2 Å². The fraction of sp³-hybridized carbons (Fsp3) is 0.350. The molecule has 4 heteroatoms. The number of aryl methyl sites for hydroxylation is 3. The van der Waals surface area contributed by atoms with E-state index >= 15 is 0 Å². The Hall–Kier alpha value is -2.00. The van der Waals surface area contributed by atoms with Crippen LogP contribution < -0.4 is 10.1 Å². The summed E-state index contributed by atoms with van der Waals surface area (Å²) in [6.07, 6.45) is 1.38. The molecule has 0 spiro atoms. The molecule has 128 valence electrons. The Bertz CT molecular complexity index is 741. The molecule has 0 aromatic heterocycles. The average molecular weight is 346 g/mol. The molecule has 0 unspecified atom stereocenters. The molecule has 2 rings (SSSR count). The third-order valence-electron chi connectivity index (χ3n) is 4.15. The molecule has 0 fully saturated rings. The number of amides is 1. The monoisotopic (exact) mass is 345 g/mol. The first-order valence-electron chi connectivity index (χ1n) is 8.26. The van der Waals surface area contributed by atoms with E-state index in [0.717, 1.165) is 23.2 Å². The van der Waals surface area contributed by atoms with Gasteiger partial charge in [-0.05, 0) is 55.2 Å². The second-order valence-electron chi connectivity index (χ2n) is 5.85. The van der Waals surface area contributed by atoms with Gasteiger partial charge >= 0.3 is 0 Å². The first-order valence-corrected chi connectivity index (χ1v) is 8.64. The number of halogens is 1. The van der Waals surface area contributed by atoms with E-state index in [2.05, 4.69) is 19.2 Å². The van der Waals surface area contributed by atoms with E-state index in [1.165, 1.54) is 11.1 Å². The summed E-state index contributed by atoms with van der Waals surface area (Å²) in [7, 11) is 0. The van der Waals surface area contributed by atoms with E-state index in [-0.39, 0.29) is 5.91 Å². The number of anilines is 1. The summed E-state index contributed by atoms with van der Waals surface area (Å²) in [6, 6.07) is 9.77. The highest BCUT2D eigenvalue weighted by Crippen LogP contribution is 2.30. The number of carbonyl (C=O) groups excluding carboxylic acids is 1. The van der Waals surface area contributed by atoms with Crippen LogP contribution in [0.25, 0.3) is 0 Å². The zero-order valence-electron chi connectivity index (χ0n) is 14.7. The topological polar surface area (TPSA) is 38.3 Å². The van der Waals surface area contributed by atoms with Gasteiger partial charge in [0.1, 0.15) is 12.4 Å². The van der Waals surface area contributed by atoms with Gasteiger partial charge in [-0.15, -0.1) is 0 Å². The number of rotatable bonds is 6. The number of hydrogen-bond acceptors (Lipinski definition) is 2. The smallest absolute Gasteiger partial charge is 0.224 e. The lowest BCUT2D eigenvalue weighted by molar-refractivity contribution is -0.115. The second kappa shape index (κ2) is 8.20. The van der Waals surface area contributed by atoms with Gasteiger partial charge in [0.2, 0.25) is 5.91 Å². The van der Waals surface area contributed by atoms with Gasteiger partial charge in [-0.3, -0.25) is 4.79 Å². The van der Waals surface area contributed by atoms with Crippen molar-refractivity contribution < 1.29 is 9.53 Å². The number of carbonyl (C=O) groups is 1. The van der Waals surface area contributed by atoms with Crippen LogP contribution in [0.15, 0.2) is 30.3 Å². The molecule has 0 radical (unpaired) electrons. The van der Waals surface area contributed by atoms with Gasteiger partial charge in [-0.2, -0.15) is 0 Å². The summed E-state index contributed by atoms with van der Waals surface area (Å²) < 4.78 is 5.96. The summed E-state index contributed by atoms with van der Waals surface area (Å²) >= 11 is 6.34. The quantitative estimate of drug-likeness (QED) is 0.756. The molecular weight excluding hydrogens is 322 g/mol. The first kappa shape index (κ1) is 18.3. The van der Waals surface area contributed by atoms with E-state index in [1.54, 1.807) is 0 Å². The molecular formula is C20H24ClNO2. The van der Waals surface area contributed by atoms with Gasteiger partial charge in [0.25, 0.3) is 0 Å². The summed E-state index contributed by atoms with van der Waals surface area (Å²) in [4.78, 5) is 11.7. The Balaban J connectivity index is 2.23. The zero-order valence-corrected chi connectivity index (χ0v) is 15.5. The second-order valence-corrected chi connectivity index (χ2v) is 6.26. The Kier molecular flexibility index (Phi) is 6.27. The normalized spacial score (nSPS) is 10.5. The number of hydrogen-bond donors (Lipinski definition) is 1. The van der Waals surface area contributed by atoms with Crippen molar-refractivity contribution in [2.24, 2.45) is 0 Å². The van der Waals surface area contributed by atoms with Crippen molar-refractivity contribution in [3.05, 3.63) is 57.6 Å². The molecule has 24 heavy (non-hydrogen) atoms. The summed E-state index contributed by atoms with van der Waals surface area (Å²) in [6.45, 7) is 8.36. The number of ether oxygens (including phenoxy) is 1. The van der Waals surface area contributed by atoms with Gasteiger partial charge in [-0.25, -0.2) is 0 Å². The van der Waals surface area contributed by atoms with Crippen molar-refractivity contribution in [2.75, 3.05) is 5.32 Å². The third-order valence-corrected chi connectivity index (χ3v) is 4.44. The molecule has 2 aromatic rings. The molecule has 3 nitrogen and oxygen atoms in total. The molecule has 0 aliphatic rings. The maximum absolute atomic E-state index is 11.7. The van der Waals surface area contributed by atoms with Gasteiger partial charge in [0.15, 0.2) is 0 Å². The number of benzene rings is 2. The van der Waals surface area contributed by atoms with Crippen LogP contribution in [0.1, 0.15) is 42.5 Å². The minimum Gasteiger partial charge on any atom is -0.487 e. The van der Waals surface area contributed by atoms with E-state index in [9.17, 15) is 4.79 Å². The standard InChI is InChI=1S/C20H24ClNO2/c1-5-15-11-17(21)19(10-14(15)4)24-12-16-13(3)8-7-9-18(16)22-20(23)6-2/h7-11H,5-6,12H2,1-4H3,(H,22,23). The van der Waals surface area contributed by atoms with Crippen LogP contribution in [0.4, 0.5) is 5.69 Å². The Morgan fingerprint density at radius 1 is 1.17 bits per heavy atom. The lowest BCUT2D eigenvalue weighted by Gasteiger charge is -2.16. The van der Waals surface area contributed by atoms with Gasteiger partial charge in [-0.1, -0.05) is 37.6 Å². The molecule has 1 amide bonds. The van der Waals surface area contributed by atoms with Crippen LogP contribution in [0.2, 0.25) is 5.02 Å². The van der Waals surface area contributed by atoms with E-state index in [0.29, 0.717) is 23.8 Å². The third kappa shape index (κ3) is 4.30. The van der Waals surface area contributed by atoms with E-state index in [4.69, 9.17) is 16.3 Å². The van der Waals surface area contributed by atoms with Gasteiger partial charge in [0, 0.05) is 17.7 Å². The lowest BCUT2D eigenvalue weighted by atomic mass is 10.1. The predicted octanol–water partition coefficient (Wildman–Crippen LogP) is 5.45. The van der Waals surface area contributed by atoms with Crippen molar-refractivity contribution in [2.45, 2.75) is 47.1 Å². The summed E-state index contributed by atoms with van der Waals surface area (Å²) in [5.41, 5.74) is 5.22. The maximum atomic E-state index is 11.7. The molecule has 0 atom stereocenters. The van der Waals surface area contributed by atoms with Crippen molar-refractivity contribution >= 4 is 23.2 Å². The van der Waals surface area contributed by atoms with Crippen LogP contribution in [0, 0.1) is 13.8 Å². The summed E-state index contributed by atoms with van der Waals surface area (Å²) in [5, 5.41) is 3.55. The maximum Gasteiger partial charge on any atom is 0.224 e. The first-order chi connectivity index (χ1) is 11.5. The SMILES string of the molecule is CCC(=O)Nc1cccc(C)c1COc1cc(C)c(CC)cc1Cl. The van der Waals surface area contributed by atoms with Crippen LogP contribution >= 0.6 is 11.6 Å². The molecule has 1 N–H and O–H groups in total. The van der Waals surface area contributed by atoms with Crippen LogP contribution in [-0.4, -0.2) is 5.91 Å². The van der Waals surface area contributed by atoms with Crippen molar-refractivity contribution in [3.8, 4) is 5.75 Å². The average Bonchev–Trinajstić information content (AvgIpc) is 2.56. The highest BCUT2D eigenvalue weighted by Gasteiger charge is 2.11. The Labute approximate surface area is 149 Å². The molecule has 0 saturated heterocycles. The summed E-state index contributed by atoms with van der Waals surface area (Å²) in [5.74, 6) is 0.658. The fourth-order valence-corrected chi connectivity index (χ4v) is 2.83. The Morgan fingerprint density at radius 2 is 1.92 bits per heavy atom. The van der Waals surface area contributed by atoms with Gasteiger partial charge < -0.3 is 10.1 Å². The predicted molar refractivity (Wildman–Crippen MR) is 100.0 cm³/mol. The van der Waals surface area contributed by atoms with Crippen molar-refractivity contribution in [1.82, 2.24) is 0 Å². The highest BCUT2D eigenvalue weighted by molar-refractivity contribution is 6.32. The number of nitrogens with one attached hydrogen (secondary N) is 1. The van der Waals surface area contributed by atoms with Crippen LogP contribution in [-0.2, 0) is 17.8 Å². The molecule has 0 aliphatic heterocycles. The molecule has 0 bridgehead atoms. The Morgan fingerprint density at radius 3 is 2.58 bits per heavy atom. The minimum atomic E-state index is -0.0111. The minimum absolute atomic E-state index is 0.0111. The van der Waals surface area contributed by atoms with Crippen LogP contribution in [0.5, 0.6) is 5.75 Å². The zero-order chi connectivity index (χ0) is 17.7. The molecule has 0 aliphatic carbocycles. The van der Waals surface area contributed by atoms with Crippen LogP contribution in [0.3, 0.4) is 0 Å². The highest BCUT2D eigenvalue weighted by atomic mass is 35.5. The van der Waals surface area contributed by atoms with Crippen molar-refractivity contribution in [3.63, 3.8) is 0 Å². The van der Waals surface area contributed by atoms with E-state index < -0.39 is 0 Å². The van der Waals surface area contributed by atoms with Crippen molar-refractivity contribution in [1.29, 1.82) is 0 Å². The lowest BCUT2D eigenvalue weighted by Crippen LogP contribution is -2.13. The molecule has 2 aromatic carbocycles. The fourth-order valence-electron chi connectivity index (χ4n) is 2.59.